The van der Waals surface area contributed by atoms with Gasteiger partial charge >= 0.3 is 0 Å². The maximum atomic E-state index is 2.42. The number of hydrogen-bond donors (Lipinski definition) is 0. The van der Waals surface area contributed by atoms with Crippen molar-refractivity contribution in [3.8, 4) is 27.9 Å². The van der Waals surface area contributed by atoms with Gasteiger partial charge < -0.3 is 9.47 Å². The summed E-state index contributed by atoms with van der Waals surface area (Å²) in [5.74, 6) is 0. The van der Waals surface area contributed by atoms with E-state index in [0.717, 1.165) is 22.7 Å². The summed E-state index contributed by atoms with van der Waals surface area (Å²) in [6.45, 7) is 0. The minimum absolute atomic E-state index is 1.10. The first-order chi connectivity index (χ1) is 23.8. The monoisotopic (exact) mass is 612 g/mol. The molecule has 0 unspecified atom stereocenters. The van der Waals surface area contributed by atoms with E-state index < -0.39 is 0 Å². The molecule has 0 bridgehead atoms. The summed E-state index contributed by atoms with van der Waals surface area (Å²) in [4.78, 5) is 2.39. The number of aromatic nitrogens is 1. The van der Waals surface area contributed by atoms with E-state index in [1.54, 1.807) is 0 Å². The van der Waals surface area contributed by atoms with E-state index in [1.807, 2.05) is 0 Å². The van der Waals surface area contributed by atoms with E-state index in [9.17, 15) is 0 Å². The molecule has 0 fully saturated rings. The molecule has 8 aromatic carbocycles. The lowest BCUT2D eigenvalue weighted by Gasteiger charge is -2.26. The summed E-state index contributed by atoms with van der Waals surface area (Å²) in [6.07, 6.45) is 0. The Morgan fingerprint density at radius 1 is 0.354 bits per heavy atom. The van der Waals surface area contributed by atoms with Crippen LogP contribution in [0.5, 0.6) is 0 Å². The van der Waals surface area contributed by atoms with E-state index in [-0.39, 0.29) is 0 Å². The van der Waals surface area contributed by atoms with Gasteiger partial charge in [0.2, 0.25) is 0 Å². The van der Waals surface area contributed by atoms with E-state index >= 15 is 0 Å². The Kier molecular flexibility index (Phi) is 6.84. The molecule has 0 spiro atoms. The highest BCUT2D eigenvalue weighted by Crippen LogP contribution is 2.43. The summed E-state index contributed by atoms with van der Waals surface area (Å²) in [5, 5.41) is 4.93. The molecule has 0 N–H and O–H groups in total. The van der Waals surface area contributed by atoms with Crippen LogP contribution in [-0.2, 0) is 0 Å². The Morgan fingerprint density at radius 3 is 1.75 bits per heavy atom. The maximum absolute atomic E-state index is 2.42. The normalized spacial score (nSPS) is 11.3. The van der Waals surface area contributed by atoms with Crippen LogP contribution in [0.15, 0.2) is 194 Å². The number of para-hydroxylation sites is 1. The van der Waals surface area contributed by atoms with Crippen molar-refractivity contribution in [2.45, 2.75) is 0 Å². The lowest BCUT2D eigenvalue weighted by molar-refractivity contribution is 1.18. The molecular weight excluding hydrogens is 581 g/mol. The Bertz CT molecular complexity index is 2550. The second-order valence-electron chi connectivity index (χ2n) is 12.2. The van der Waals surface area contributed by atoms with Crippen LogP contribution in [0.2, 0.25) is 0 Å². The molecule has 48 heavy (non-hydrogen) atoms. The third-order valence-corrected chi connectivity index (χ3v) is 9.34. The van der Waals surface area contributed by atoms with Gasteiger partial charge in [0, 0.05) is 33.5 Å². The first-order valence-corrected chi connectivity index (χ1v) is 16.4. The molecule has 0 amide bonds. The first-order valence-electron chi connectivity index (χ1n) is 16.4. The molecule has 9 rings (SSSR count). The van der Waals surface area contributed by atoms with Gasteiger partial charge in [0.25, 0.3) is 0 Å². The minimum Gasteiger partial charge on any atom is -0.310 e. The average Bonchev–Trinajstić information content (AvgIpc) is 3.50. The molecule has 0 aliphatic rings. The zero-order chi connectivity index (χ0) is 31.9. The highest BCUT2D eigenvalue weighted by Gasteiger charge is 2.20. The number of anilines is 3. The first kappa shape index (κ1) is 27.9. The summed E-state index contributed by atoms with van der Waals surface area (Å²) >= 11 is 0. The molecule has 2 nitrogen and oxygen atoms in total. The highest BCUT2D eigenvalue weighted by molar-refractivity contribution is 6.16. The quantitative estimate of drug-likeness (QED) is 0.181. The third-order valence-electron chi connectivity index (χ3n) is 9.34. The van der Waals surface area contributed by atoms with Crippen LogP contribution < -0.4 is 4.90 Å². The summed E-state index contributed by atoms with van der Waals surface area (Å²) in [5.41, 5.74) is 11.7. The Hall–Kier alpha value is -6.38. The number of nitrogens with zero attached hydrogens (tertiary/aromatic N) is 2. The van der Waals surface area contributed by atoms with Crippen molar-refractivity contribution in [2.75, 3.05) is 4.90 Å². The molecule has 0 saturated carbocycles. The molecular formula is C46H32N2. The molecule has 0 aliphatic heterocycles. The van der Waals surface area contributed by atoms with Gasteiger partial charge in [-0.2, -0.15) is 0 Å². The van der Waals surface area contributed by atoms with Crippen LogP contribution in [0.3, 0.4) is 0 Å². The van der Waals surface area contributed by atoms with Crippen LogP contribution in [-0.4, -0.2) is 4.57 Å². The largest absolute Gasteiger partial charge is 0.310 e. The topological polar surface area (TPSA) is 8.17 Å². The number of fused-ring (bicyclic) bond motifs is 4. The predicted molar refractivity (Wildman–Crippen MR) is 204 cm³/mol. The zero-order valence-electron chi connectivity index (χ0n) is 26.4. The molecule has 226 valence electrons. The van der Waals surface area contributed by atoms with Crippen molar-refractivity contribution in [3.63, 3.8) is 0 Å². The van der Waals surface area contributed by atoms with Crippen LogP contribution in [0.25, 0.3) is 60.5 Å². The van der Waals surface area contributed by atoms with Gasteiger partial charge in [-0.3, -0.25) is 0 Å². The average molecular weight is 613 g/mol. The lowest BCUT2D eigenvalue weighted by atomic mass is 9.99. The van der Waals surface area contributed by atoms with E-state index in [4.69, 9.17) is 0 Å². The Labute approximate surface area is 280 Å². The number of rotatable bonds is 6. The molecule has 1 aromatic heterocycles. The summed E-state index contributed by atoms with van der Waals surface area (Å²) < 4.78 is 2.42. The molecule has 9 aromatic rings. The van der Waals surface area contributed by atoms with E-state index in [2.05, 4.69) is 204 Å². The summed E-state index contributed by atoms with van der Waals surface area (Å²) in [6, 6.07) is 69.9. The fourth-order valence-corrected chi connectivity index (χ4v) is 7.13. The van der Waals surface area contributed by atoms with Crippen molar-refractivity contribution in [3.05, 3.63) is 194 Å². The van der Waals surface area contributed by atoms with Crippen molar-refractivity contribution < 1.29 is 0 Å². The SMILES string of the molecule is c1ccc(-c2cccc(N(c3ccc4ccccc4c3)c3ccc4c5c(-c6ccccc6)cccc5n(-c5ccccc5)c4c3)c2)cc1. The second-order valence-corrected chi connectivity index (χ2v) is 12.2. The summed E-state index contributed by atoms with van der Waals surface area (Å²) in [7, 11) is 0. The molecule has 2 heteroatoms. The highest BCUT2D eigenvalue weighted by atomic mass is 15.1. The van der Waals surface area contributed by atoms with Gasteiger partial charge in [-0.25, -0.2) is 0 Å². The maximum Gasteiger partial charge on any atom is 0.0562 e. The van der Waals surface area contributed by atoms with Crippen molar-refractivity contribution in [1.82, 2.24) is 4.57 Å². The van der Waals surface area contributed by atoms with Crippen molar-refractivity contribution in [1.29, 1.82) is 0 Å². The molecule has 0 atom stereocenters. The number of hydrogen-bond acceptors (Lipinski definition) is 1. The van der Waals surface area contributed by atoms with Gasteiger partial charge in [-0.05, 0) is 87.6 Å². The number of benzene rings is 8. The lowest BCUT2D eigenvalue weighted by Crippen LogP contribution is -2.10. The molecule has 0 radical (unpaired) electrons. The van der Waals surface area contributed by atoms with Gasteiger partial charge in [-0.15, -0.1) is 0 Å². The fraction of sp³-hybridized carbons (Fsp3) is 0. The van der Waals surface area contributed by atoms with Crippen molar-refractivity contribution >= 4 is 49.6 Å². The third kappa shape index (κ3) is 4.83. The fourth-order valence-electron chi connectivity index (χ4n) is 7.13. The van der Waals surface area contributed by atoms with Crippen LogP contribution >= 0.6 is 0 Å². The van der Waals surface area contributed by atoms with E-state index in [0.29, 0.717) is 0 Å². The standard InChI is InChI=1S/C46H32N2/c1-4-14-33(15-5-1)37-20-12-23-39(30-37)47(40-27-26-34-16-10-11-19-36(34)31-40)41-28-29-43-45(32-41)48(38-21-8-3-9-22-38)44-25-13-24-42(46(43)44)35-17-6-2-7-18-35/h1-32H. The molecule has 0 aliphatic carbocycles. The van der Waals surface area contributed by atoms with Crippen LogP contribution in [0.1, 0.15) is 0 Å². The van der Waals surface area contributed by atoms with E-state index in [1.165, 1.54) is 54.8 Å². The Morgan fingerprint density at radius 2 is 0.958 bits per heavy atom. The van der Waals surface area contributed by atoms with Gasteiger partial charge in [0.05, 0.1) is 11.0 Å². The predicted octanol–water partition coefficient (Wildman–Crippen LogP) is 12.7. The minimum atomic E-state index is 1.10. The molecule has 0 saturated heterocycles. The van der Waals surface area contributed by atoms with Gasteiger partial charge in [-0.1, -0.05) is 140 Å². The van der Waals surface area contributed by atoms with Crippen molar-refractivity contribution in [2.24, 2.45) is 0 Å². The smallest absolute Gasteiger partial charge is 0.0562 e. The van der Waals surface area contributed by atoms with Crippen LogP contribution in [0.4, 0.5) is 17.1 Å². The van der Waals surface area contributed by atoms with Crippen LogP contribution in [0, 0.1) is 0 Å². The van der Waals surface area contributed by atoms with Gasteiger partial charge in [0.15, 0.2) is 0 Å². The van der Waals surface area contributed by atoms with Gasteiger partial charge in [0.1, 0.15) is 0 Å². The molecule has 1 heterocycles. The Balaban J connectivity index is 1.32. The zero-order valence-corrected chi connectivity index (χ0v) is 26.4. The second kappa shape index (κ2) is 11.8.